The monoisotopic (exact) mass is 413 g/mol. The lowest BCUT2D eigenvalue weighted by atomic mass is 9.98. The second-order valence-electron chi connectivity index (χ2n) is 7.78. The standard InChI is InChI=1S/C23H27NO6/c1-6-7-18(22(26)27)24-19(25)9-8-15-12(3)17-10-16-11(2)14(5)29-20(16)13(4)21(17)30-23(15)28/h10,18H,6-9H2,1-5H3,(H,24,25)(H,26,27). The van der Waals surface area contributed by atoms with E-state index in [1.165, 1.54) is 0 Å². The number of hydrogen-bond donors (Lipinski definition) is 2. The van der Waals surface area contributed by atoms with Crippen LogP contribution in [0, 0.1) is 27.7 Å². The van der Waals surface area contributed by atoms with Gasteiger partial charge in [-0.1, -0.05) is 13.3 Å². The molecule has 0 spiro atoms. The topological polar surface area (TPSA) is 110 Å². The molecule has 30 heavy (non-hydrogen) atoms. The first-order valence-corrected chi connectivity index (χ1v) is 10.1. The fourth-order valence-corrected chi connectivity index (χ4v) is 3.83. The molecule has 2 N–H and O–H groups in total. The number of carbonyl (C=O) groups excluding carboxylic acids is 1. The molecule has 7 nitrogen and oxygen atoms in total. The van der Waals surface area contributed by atoms with E-state index in [1.807, 2.05) is 40.7 Å². The molecular formula is C23H27NO6. The number of carboxylic acids is 1. The van der Waals surface area contributed by atoms with E-state index in [0.717, 1.165) is 33.2 Å². The first-order chi connectivity index (χ1) is 14.1. The molecule has 1 atom stereocenters. The first kappa shape index (κ1) is 21.6. The van der Waals surface area contributed by atoms with Gasteiger partial charge in [0.15, 0.2) is 0 Å². The van der Waals surface area contributed by atoms with Crippen molar-refractivity contribution < 1.29 is 23.5 Å². The van der Waals surface area contributed by atoms with Gasteiger partial charge in [-0.15, -0.1) is 0 Å². The second-order valence-corrected chi connectivity index (χ2v) is 7.78. The number of aryl methyl sites for hydroxylation is 4. The van der Waals surface area contributed by atoms with Crippen molar-refractivity contribution in [1.29, 1.82) is 0 Å². The van der Waals surface area contributed by atoms with E-state index < -0.39 is 23.5 Å². The maximum Gasteiger partial charge on any atom is 0.339 e. The van der Waals surface area contributed by atoms with Crippen LogP contribution in [0.15, 0.2) is 19.7 Å². The maximum atomic E-state index is 12.6. The van der Waals surface area contributed by atoms with Crippen molar-refractivity contribution in [2.24, 2.45) is 0 Å². The predicted octanol–water partition coefficient (Wildman–Crippen LogP) is 4.07. The van der Waals surface area contributed by atoms with Crippen LogP contribution < -0.4 is 10.9 Å². The van der Waals surface area contributed by atoms with Crippen LogP contribution in [-0.2, 0) is 16.0 Å². The molecule has 0 saturated carbocycles. The van der Waals surface area contributed by atoms with Gasteiger partial charge in [-0.3, -0.25) is 4.79 Å². The third-order valence-corrected chi connectivity index (χ3v) is 5.76. The van der Waals surface area contributed by atoms with Gasteiger partial charge in [0.25, 0.3) is 0 Å². The van der Waals surface area contributed by atoms with Crippen molar-refractivity contribution in [2.45, 2.75) is 66.3 Å². The smallest absolute Gasteiger partial charge is 0.339 e. The number of amides is 1. The molecule has 0 aliphatic rings. The number of furan rings is 1. The van der Waals surface area contributed by atoms with Crippen molar-refractivity contribution in [3.05, 3.63) is 44.5 Å². The Kier molecular flexibility index (Phi) is 6.01. The molecule has 1 unspecified atom stereocenters. The Morgan fingerprint density at radius 2 is 1.67 bits per heavy atom. The van der Waals surface area contributed by atoms with Crippen LogP contribution >= 0.6 is 0 Å². The molecule has 0 aliphatic heterocycles. The highest BCUT2D eigenvalue weighted by atomic mass is 16.4. The lowest BCUT2D eigenvalue weighted by molar-refractivity contribution is -0.142. The average molecular weight is 413 g/mol. The average Bonchev–Trinajstić information content (AvgIpc) is 2.97. The van der Waals surface area contributed by atoms with Gasteiger partial charge in [0.2, 0.25) is 5.91 Å². The zero-order valence-electron chi connectivity index (χ0n) is 18.0. The van der Waals surface area contributed by atoms with E-state index in [9.17, 15) is 19.5 Å². The summed E-state index contributed by atoms with van der Waals surface area (Å²) in [7, 11) is 0. The van der Waals surface area contributed by atoms with Gasteiger partial charge in [-0.05, 0) is 57.7 Å². The minimum atomic E-state index is -1.06. The summed E-state index contributed by atoms with van der Waals surface area (Å²) < 4.78 is 11.5. The zero-order chi connectivity index (χ0) is 22.2. The van der Waals surface area contributed by atoms with E-state index in [1.54, 1.807) is 0 Å². The molecule has 0 aliphatic carbocycles. The molecule has 2 aromatic heterocycles. The van der Waals surface area contributed by atoms with Gasteiger partial charge in [-0.25, -0.2) is 9.59 Å². The van der Waals surface area contributed by atoms with Crippen LogP contribution in [0.1, 0.15) is 54.2 Å². The number of carbonyl (C=O) groups is 2. The fraction of sp³-hybridized carbons (Fsp3) is 0.435. The SMILES string of the molecule is CCCC(NC(=O)CCc1c(C)c2cc3c(C)c(C)oc3c(C)c2oc1=O)C(=O)O. The molecule has 0 fully saturated rings. The number of fused-ring (bicyclic) bond motifs is 2. The van der Waals surface area contributed by atoms with Gasteiger partial charge < -0.3 is 19.3 Å². The highest BCUT2D eigenvalue weighted by Crippen LogP contribution is 2.34. The summed E-state index contributed by atoms with van der Waals surface area (Å²) in [5.74, 6) is -0.639. The van der Waals surface area contributed by atoms with Gasteiger partial charge in [0.1, 0.15) is 23.0 Å². The third kappa shape index (κ3) is 3.84. The fourth-order valence-electron chi connectivity index (χ4n) is 3.83. The van der Waals surface area contributed by atoms with Crippen LogP contribution in [0.2, 0.25) is 0 Å². The summed E-state index contributed by atoms with van der Waals surface area (Å²) in [6.45, 7) is 9.45. The Morgan fingerprint density at radius 1 is 1.03 bits per heavy atom. The Balaban J connectivity index is 1.94. The van der Waals surface area contributed by atoms with Crippen molar-refractivity contribution in [3.8, 4) is 0 Å². The van der Waals surface area contributed by atoms with E-state index in [0.29, 0.717) is 29.6 Å². The first-order valence-electron chi connectivity index (χ1n) is 10.1. The van der Waals surface area contributed by atoms with E-state index >= 15 is 0 Å². The van der Waals surface area contributed by atoms with E-state index in [4.69, 9.17) is 8.83 Å². The molecule has 0 bridgehead atoms. The van der Waals surface area contributed by atoms with Crippen molar-refractivity contribution >= 4 is 33.8 Å². The Labute approximate surface area is 174 Å². The molecule has 0 radical (unpaired) electrons. The van der Waals surface area contributed by atoms with Crippen LogP contribution in [0.3, 0.4) is 0 Å². The van der Waals surface area contributed by atoms with Crippen molar-refractivity contribution in [3.63, 3.8) is 0 Å². The van der Waals surface area contributed by atoms with Gasteiger partial charge >= 0.3 is 11.6 Å². The summed E-state index contributed by atoms with van der Waals surface area (Å²) in [5.41, 5.74) is 3.71. The highest BCUT2D eigenvalue weighted by molar-refractivity contribution is 6.00. The summed E-state index contributed by atoms with van der Waals surface area (Å²) in [6, 6.07) is 1.05. The third-order valence-electron chi connectivity index (χ3n) is 5.76. The number of benzene rings is 1. The number of hydrogen-bond acceptors (Lipinski definition) is 5. The molecule has 3 aromatic rings. The quantitative estimate of drug-likeness (QED) is 0.565. The lowest BCUT2D eigenvalue weighted by Crippen LogP contribution is -2.40. The number of carboxylic acid groups (broad SMARTS) is 1. The van der Waals surface area contributed by atoms with Gasteiger partial charge in [0, 0.05) is 28.3 Å². The minimum Gasteiger partial charge on any atom is -0.480 e. The molecule has 0 saturated heterocycles. The van der Waals surface area contributed by atoms with E-state index in [-0.39, 0.29) is 12.8 Å². The Morgan fingerprint density at radius 3 is 2.30 bits per heavy atom. The highest BCUT2D eigenvalue weighted by Gasteiger charge is 2.21. The van der Waals surface area contributed by atoms with Crippen LogP contribution in [0.25, 0.3) is 21.9 Å². The van der Waals surface area contributed by atoms with Crippen molar-refractivity contribution in [2.75, 3.05) is 0 Å². The molecule has 3 rings (SSSR count). The van der Waals surface area contributed by atoms with Gasteiger partial charge in [-0.2, -0.15) is 0 Å². The number of nitrogens with one attached hydrogen (secondary N) is 1. The molecule has 7 heteroatoms. The molecule has 1 aromatic carbocycles. The normalized spacial score (nSPS) is 12.4. The lowest BCUT2D eigenvalue weighted by Gasteiger charge is -2.14. The predicted molar refractivity (Wildman–Crippen MR) is 114 cm³/mol. The summed E-state index contributed by atoms with van der Waals surface area (Å²) in [5, 5.41) is 13.5. The van der Waals surface area contributed by atoms with Crippen LogP contribution in [-0.4, -0.2) is 23.0 Å². The number of aliphatic carboxylic acids is 1. The van der Waals surface area contributed by atoms with Crippen LogP contribution in [0.4, 0.5) is 0 Å². The molecular weight excluding hydrogens is 386 g/mol. The summed E-state index contributed by atoms with van der Waals surface area (Å²) >= 11 is 0. The van der Waals surface area contributed by atoms with Crippen molar-refractivity contribution in [1.82, 2.24) is 5.32 Å². The Bertz CT molecular complexity index is 1200. The summed E-state index contributed by atoms with van der Waals surface area (Å²) in [6.07, 6.45) is 1.19. The molecule has 1 amide bonds. The second kappa shape index (κ2) is 8.34. The minimum absolute atomic E-state index is 0.00960. The zero-order valence-corrected chi connectivity index (χ0v) is 18.0. The number of rotatable bonds is 7. The molecule has 160 valence electrons. The molecule has 2 heterocycles. The Hall–Kier alpha value is -3.09. The largest absolute Gasteiger partial charge is 0.480 e. The van der Waals surface area contributed by atoms with Crippen LogP contribution in [0.5, 0.6) is 0 Å². The maximum absolute atomic E-state index is 12.6. The van der Waals surface area contributed by atoms with E-state index in [2.05, 4.69) is 5.32 Å². The van der Waals surface area contributed by atoms with Gasteiger partial charge in [0.05, 0.1) is 0 Å². The summed E-state index contributed by atoms with van der Waals surface area (Å²) in [4.78, 5) is 36.1.